The van der Waals surface area contributed by atoms with Gasteiger partial charge in [-0.25, -0.2) is 0 Å². The standard InChI is InChI=1S/C16H23N3O/c17-12-14-4-2-1-3-13(14)11-16(20)19-9-7-18(8-10-19)15-5-6-15/h1-4,15H,5-12,17H2. The summed E-state index contributed by atoms with van der Waals surface area (Å²) in [6, 6.07) is 8.79. The third-order valence-electron chi connectivity index (χ3n) is 4.41. The first-order valence-electron chi connectivity index (χ1n) is 7.56. The van der Waals surface area contributed by atoms with Crippen LogP contribution in [0.15, 0.2) is 24.3 Å². The van der Waals surface area contributed by atoms with E-state index in [9.17, 15) is 4.79 Å². The molecule has 2 fully saturated rings. The van der Waals surface area contributed by atoms with Gasteiger partial charge in [-0.1, -0.05) is 24.3 Å². The molecule has 2 N–H and O–H groups in total. The molecule has 0 bridgehead atoms. The highest BCUT2D eigenvalue weighted by Gasteiger charge is 2.32. The minimum Gasteiger partial charge on any atom is -0.340 e. The Balaban J connectivity index is 1.56. The van der Waals surface area contributed by atoms with E-state index in [4.69, 9.17) is 5.73 Å². The number of hydrogen-bond acceptors (Lipinski definition) is 3. The van der Waals surface area contributed by atoms with E-state index in [1.165, 1.54) is 12.8 Å². The van der Waals surface area contributed by atoms with Crippen molar-refractivity contribution in [1.29, 1.82) is 0 Å². The van der Waals surface area contributed by atoms with Gasteiger partial charge in [-0.15, -0.1) is 0 Å². The molecule has 1 aromatic rings. The summed E-state index contributed by atoms with van der Waals surface area (Å²) in [7, 11) is 0. The van der Waals surface area contributed by atoms with Crippen molar-refractivity contribution in [2.24, 2.45) is 5.73 Å². The molecule has 4 heteroatoms. The van der Waals surface area contributed by atoms with Gasteiger partial charge in [-0.3, -0.25) is 9.69 Å². The van der Waals surface area contributed by atoms with Gasteiger partial charge in [0.1, 0.15) is 0 Å². The van der Waals surface area contributed by atoms with E-state index in [0.717, 1.165) is 43.3 Å². The van der Waals surface area contributed by atoms with Crippen LogP contribution in [0.4, 0.5) is 0 Å². The van der Waals surface area contributed by atoms with Crippen LogP contribution in [-0.4, -0.2) is 47.9 Å². The quantitative estimate of drug-likeness (QED) is 0.890. The van der Waals surface area contributed by atoms with Gasteiger partial charge < -0.3 is 10.6 Å². The minimum absolute atomic E-state index is 0.237. The van der Waals surface area contributed by atoms with Crippen molar-refractivity contribution < 1.29 is 4.79 Å². The molecule has 4 nitrogen and oxygen atoms in total. The van der Waals surface area contributed by atoms with Crippen LogP contribution in [0.5, 0.6) is 0 Å². The smallest absolute Gasteiger partial charge is 0.227 e. The lowest BCUT2D eigenvalue weighted by Gasteiger charge is -2.35. The predicted molar refractivity (Wildman–Crippen MR) is 79.2 cm³/mol. The fourth-order valence-corrected chi connectivity index (χ4v) is 2.98. The molecule has 0 spiro atoms. The van der Waals surface area contributed by atoms with Crippen molar-refractivity contribution in [3.05, 3.63) is 35.4 Å². The second-order valence-corrected chi connectivity index (χ2v) is 5.80. The van der Waals surface area contributed by atoms with Crippen molar-refractivity contribution in [2.45, 2.75) is 31.8 Å². The Morgan fingerprint density at radius 3 is 2.35 bits per heavy atom. The van der Waals surface area contributed by atoms with Crippen LogP contribution in [-0.2, 0) is 17.8 Å². The van der Waals surface area contributed by atoms with Crippen LogP contribution in [0.1, 0.15) is 24.0 Å². The lowest BCUT2D eigenvalue weighted by atomic mass is 10.0. The fourth-order valence-electron chi connectivity index (χ4n) is 2.98. The van der Waals surface area contributed by atoms with Gasteiger partial charge >= 0.3 is 0 Å². The molecule has 1 aliphatic carbocycles. The molecule has 1 aliphatic heterocycles. The lowest BCUT2D eigenvalue weighted by molar-refractivity contribution is -0.132. The Morgan fingerprint density at radius 2 is 1.75 bits per heavy atom. The van der Waals surface area contributed by atoms with E-state index in [0.29, 0.717) is 13.0 Å². The Kier molecular flexibility index (Phi) is 4.03. The van der Waals surface area contributed by atoms with Crippen molar-refractivity contribution in [2.75, 3.05) is 26.2 Å². The summed E-state index contributed by atoms with van der Waals surface area (Å²) in [6.45, 7) is 4.32. The van der Waals surface area contributed by atoms with Gasteiger partial charge in [-0.05, 0) is 24.0 Å². The Hall–Kier alpha value is -1.39. The second kappa shape index (κ2) is 5.94. The number of carbonyl (C=O) groups is 1. The molecule has 1 heterocycles. The number of benzene rings is 1. The monoisotopic (exact) mass is 273 g/mol. The van der Waals surface area contributed by atoms with Crippen LogP contribution in [0, 0.1) is 0 Å². The molecule has 1 aromatic carbocycles. The van der Waals surface area contributed by atoms with Gasteiger partial charge in [0, 0.05) is 38.8 Å². The zero-order chi connectivity index (χ0) is 13.9. The molecule has 20 heavy (non-hydrogen) atoms. The lowest BCUT2D eigenvalue weighted by Crippen LogP contribution is -2.49. The molecular formula is C16H23N3O. The van der Waals surface area contributed by atoms with E-state index in [-0.39, 0.29) is 5.91 Å². The molecule has 1 saturated carbocycles. The molecule has 0 unspecified atom stereocenters. The number of hydrogen-bond donors (Lipinski definition) is 1. The molecule has 1 amide bonds. The van der Waals surface area contributed by atoms with Crippen LogP contribution in [0.25, 0.3) is 0 Å². The highest BCUT2D eigenvalue weighted by molar-refractivity contribution is 5.79. The molecule has 3 rings (SSSR count). The average Bonchev–Trinajstić information content (AvgIpc) is 3.32. The van der Waals surface area contributed by atoms with E-state index in [1.807, 2.05) is 29.2 Å². The third kappa shape index (κ3) is 3.02. The normalized spacial score (nSPS) is 20.1. The van der Waals surface area contributed by atoms with Gasteiger partial charge in [0.05, 0.1) is 6.42 Å². The average molecular weight is 273 g/mol. The Labute approximate surface area is 120 Å². The fraction of sp³-hybridized carbons (Fsp3) is 0.562. The molecule has 108 valence electrons. The van der Waals surface area contributed by atoms with E-state index in [2.05, 4.69) is 4.90 Å². The molecule has 2 aliphatic rings. The first kappa shape index (κ1) is 13.6. The maximum Gasteiger partial charge on any atom is 0.227 e. The first-order chi connectivity index (χ1) is 9.78. The summed E-state index contributed by atoms with van der Waals surface area (Å²) >= 11 is 0. The maximum absolute atomic E-state index is 12.4. The second-order valence-electron chi connectivity index (χ2n) is 5.80. The highest BCUT2D eigenvalue weighted by Crippen LogP contribution is 2.27. The van der Waals surface area contributed by atoms with Gasteiger partial charge in [0.2, 0.25) is 5.91 Å². The van der Waals surface area contributed by atoms with Gasteiger partial charge in [-0.2, -0.15) is 0 Å². The first-order valence-corrected chi connectivity index (χ1v) is 7.56. The highest BCUT2D eigenvalue weighted by atomic mass is 16.2. The molecule has 0 atom stereocenters. The van der Waals surface area contributed by atoms with E-state index >= 15 is 0 Å². The summed E-state index contributed by atoms with van der Waals surface area (Å²) in [4.78, 5) is 16.9. The topological polar surface area (TPSA) is 49.6 Å². The zero-order valence-corrected chi connectivity index (χ0v) is 11.9. The Morgan fingerprint density at radius 1 is 1.10 bits per heavy atom. The minimum atomic E-state index is 0.237. The van der Waals surface area contributed by atoms with Crippen LogP contribution < -0.4 is 5.73 Å². The number of amides is 1. The largest absolute Gasteiger partial charge is 0.340 e. The SMILES string of the molecule is NCc1ccccc1CC(=O)N1CCN(C2CC2)CC1. The van der Waals surface area contributed by atoms with E-state index < -0.39 is 0 Å². The summed E-state index contributed by atoms with van der Waals surface area (Å²) in [6.07, 6.45) is 3.17. The predicted octanol–water partition coefficient (Wildman–Crippen LogP) is 0.994. The molecular weight excluding hydrogens is 250 g/mol. The summed E-state index contributed by atoms with van der Waals surface area (Å²) in [5, 5.41) is 0. The van der Waals surface area contributed by atoms with Crippen molar-refractivity contribution in [3.63, 3.8) is 0 Å². The summed E-state index contributed by atoms with van der Waals surface area (Å²) in [5.41, 5.74) is 7.89. The maximum atomic E-state index is 12.4. The number of carbonyl (C=O) groups excluding carboxylic acids is 1. The third-order valence-corrected chi connectivity index (χ3v) is 4.41. The van der Waals surface area contributed by atoms with Crippen molar-refractivity contribution in [3.8, 4) is 0 Å². The van der Waals surface area contributed by atoms with E-state index in [1.54, 1.807) is 0 Å². The van der Waals surface area contributed by atoms with Crippen molar-refractivity contribution in [1.82, 2.24) is 9.80 Å². The number of nitrogens with zero attached hydrogens (tertiary/aromatic N) is 2. The zero-order valence-electron chi connectivity index (χ0n) is 11.9. The van der Waals surface area contributed by atoms with Crippen LogP contribution in [0.3, 0.4) is 0 Å². The Bertz CT molecular complexity index is 476. The number of nitrogens with two attached hydrogens (primary N) is 1. The van der Waals surface area contributed by atoms with Crippen LogP contribution in [0.2, 0.25) is 0 Å². The summed E-state index contributed by atoms with van der Waals surface area (Å²) in [5.74, 6) is 0.237. The van der Waals surface area contributed by atoms with Crippen molar-refractivity contribution >= 4 is 5.91 Å². The van der Waals surface area contributed by atoms with Crippen LogP contribution >= 0.6 is 0 Å². The summed E-state index contributed by atoms with van der Waals surface area (Å²) < 4.78 is 0. The molecule has 1 saturated heterocycles. The number of piperazine rings is 1. The van der Waals surface area contributed by atoms with Gasteiger partial charge in [0.15, 0.2) is 0 Å². The molecule has 0 radical (unpaired) electrons. The number of rotatable bonds is 4. The molecule has 0 aromatic heterocycles. The van der Waals surface area contributed by atoms with Gasteiger partial charge in [0.25, 0.3) is 0 Å².